The van der Waals surface area contributed by atoms with E-state index in [1.807, 2.05) is 4.57 Å². The van der Waals surface area contributed by atoms with Gasteiger partial charge in [-0.3, -0.25) is 14.7 Å². The monoisotopic (exact) mass is 268 g/mol. The normalized spacial score (nSPS) is 19.8. The maximum atomic E-state index is 11.9. The number of hydrogen-bond acceptors (Lipinski definition) is 5. The third kappa shape index (κ3) is 2.51. The summed E-state index contributed by atoms with van der Waals surface area (Å²) in [5.74, 6) is 2.07. The number of amides is 1. The Morgan fingerprint density at radius 1 is 1.44 bits per heavy atom. The number of ether oxygens (including phenoxy) is 1. The van der Waals surface area contributed by atoms with Crippen molar-refractivity contribution in [1.29, 1.82) is 0 Å². The second kappa shape index (κ2) is 5.27. The molecule has 1 aromatic rings. The topological polar surface area (TPSA) is 69.0 Å². The van der Waals surface area contributed by atoms with Crippen LogP contribution in [0.15, 0.2) is 5.16 Å². The number of nitrogens with zero attached hydrogens (tertiary/aromatic N) is 3. The Morgan fingerprint density at radius 3 is 3.11 bits per heavy atom. The van der Waals surface area contributed by atoms with Crippen LogP contribution in [0.4, 0.5) is 5.95 Å². The molecular formula is C11H16N4O2S. The van der Waals surface area contributed by atoms with E-state index in [1.54, 1.807) is 11.8 Å². The van der Waals surface area contributed by atoms with E-state index in [1.165, 1.54) is 0 Å². The van der Waals surface area contributed by atoms with Gasteiger partial charge in [0.25, 0.3) is 0 Å². The average molecular weight is 268 g/mol. The third-order valence-electron chi connectivity index (χ3n) is 3.33. The molecule has 1 saturated heterocycles. The zero-order valence-corrected chi connectivity index (χ0v) is 10.9. The summed E-state index contributed by atoms with van der Waals surface area (Å²) in [5, 5.41) is 11.8. The lowest BCUT2D eigenvalue weighted by atomic mass is 9.96. The minimum atomic E-state index is 0.0361. The summed E-state index contributed by atoms with van der Waals surface area (Å²) in [6, 6.07) is 0. The van der Waals surface area contributed by atoms with Gasteiger partial charge >= 0.3 is 0 Å². The van der Waals surface area contributed by atoms with Gasteiger partial charge in [0.2, 0.25) is 11.9 Å². The highest BCUT2D eigenvalue weighted by Crippen LogP contribution is 2.26. The first-order valence-electron chi connectivity index (χ1n) is 6.26. The summed E-state index contributed by atoms with van der Waals surface area (Å²) in [5.41, 5.74) is 0. The van der Waals surface area contributed by atoms with Gasteiger partial charge < -0.3 is 4.74 Å². The fraction of sp³-hybridized carbons (Fsp3) is 0.727. The zero-order chi connectivity index (χ0) is 12.4. The quantitative estimate of drug-likeness (QED) is 0.890. The minimum absolute atomic E-state index is 0.0361. The summed E-state index contributed by atoms with van der Waals surface area (Å²) < 4.78 is 7.25. The van der Waals surface area contributed by atoms with Gasteiger partial charge in [-0.2, -0.15) is 0 Å². The first-order chi connectivity index (χ1) is 8.83. The maximum Gasteiger partial charge on any atom is 0.231 e. The molecule has 7 heteroatoms. The van der Waals surface area contributed by atoms with Crippen LogP contribution in [-0.4, -0.2) is 39.6 Å². The molecule has 2 aliphatic rings. The molecule has 98 valence electrons. The molecule has 18 heavy (non-hydrogen) atoms. The molecule has 0 atom stereocenters. The van der Waals surface area contributed by atoms with Crippen molar-refractivity contribution in [3.63, 3.8) is 0 Å². The van der Waals surface area contributed by atoms with Crippen LogP contribution in [0.2, 0.25) is 0 Å². The lowest BCUT2D eigenvalue weighted by Crippen LogP contribution is -2.23. The number of aromatic nitrogens is 3. The van der Waals surface area contributed by atoms with Crippen molar-refractivity contribution in [2.75, 3.05) is 24.3 Å². The molecule has 0 saturated carbocycles. The summed E-state index contributed by atoms with van der Waals surface area (Å²) in [4.78, 5) is 11.9. The van der Waals surface area contributed by atoms with Crippen molar-refractivity contribution in [2.24, 2.45) is 5.92 Å². The van der Waals surface area contributed by atoms with Crippen LogP contribution >= 0.6 is 11.8 Å². The van der Waals surface area contributed by atoms with E-state index in [0.29, 0.717) is 18.3 Å². The molecule has 3 heterocycles. The number of nitrogens with one attached hydrogen (secondary N) is 1. The van der Waals surface area contributed by atoms with E-state index in [9.17, 15) is 4.79 Å². The Labute approximate surface area is 109 Å². The Morgan fingerprint density at radius 2 is 2.28 bits per heavy atom. The Kier molecular flexibility index (Phi) is 3.51. The molecule has 1 N–H and O–H groups in total. The van der Waals surface area contributed by atoms with E-state index in [0.717, 1.165) is 43.5 Å². The van der Waals surface area contributed by atoms with Crippen LogP contribution in [0.3, 0.4) is 0 Å². The first kappa shape index (κ1) is 12.0. The Bertz CT molecular complexity index is 442. The van der Waals surface area contributed by atoms with Crippen LogP contribution in [0, 0.1) is 5.92 Å². The third-order valence-corrected chi connectivity index (χ3v) is 4.28. The van der Waals surface area contributed by atoms with Crippen LogP contribution in [-0.2, 0) is 16.1 Å². The number of fused-ring (bicyclic) bond motifs is 1. The highest BCUT2D eigenvalue weighted by molar-refractivity contribution is 7.99. The maximum absolute atomic E-state index is 11.9. The van der Waals surface area contributed by atoms with Gasteiger partial charge in [0.05, 0.1) is 0 Å². The first-order valence-corrected chi connectivity index (χ1v) is 7.25. The summed E-state index contributed by atoms with van der Waals surface area (Å²) >= 11 is 1.67. The largest absolute Gasteiger partial charge is 0.381 e. The summed E-state index contributed by atoms with van der Waals surface area (Å²) in [6.07, 6.45) is 2.50. The van der Waals surface area contributed by atoms with E-state index in [2.05, 4.69) is 15.5 Å². The van der Waals surface area contributed by atoms with Crippen molar-refractivity contribution in [3.8, 4) is 0 Å². The zero-order valence-electron chi connectivity index (χ0n) is 10.1. The predicted octanol–water partition coefficient (Wildman–Crippen LogP) is 1.14. The van der Waals surface area contributed by atoms with Crippen molar-refractivity contribution < 1.29 is 9.53 Å². The van der Waals surface area contributed by atoms with Crippen LogP contribution in [0.1, 0.15) is 19.3 Å². The predicted molar refractivity (Wildman–Crippen MR) is 67.5 cm³/mol. The lowest BCUT2D eigenvalue weighted by molar-refractivity contribution is -0.117. The molecular weight excluding hydrogens is 252 g/mol. The van der Waals surface area contributed by atoms with E-state index < -0.39 is 0 Å². The molecule has 0 aliphatic carbocycles. The molecule has 0 radical (unpaired) electrons. The summed E-state index contributed by atoms with van der Waals surface area (Å²) in [7, 11) is 0. The smallest absolute Gasteiger partial charge is 0.231 e. The number of carbonyl (C=O) groups excluding carboxylic acids is 1. The molecule has 1 aromatic heterocycles. The molecule has 0 bridgehead atoms. The van der Waals surface area contributed by atoms with Gasteiger partial charge in [0.1, 0.15) is 0 Å². The van der Waals surface area contributed by atoms with Crippen LogP contribution in [0.25, 0.3) is 0 Å². The van der Waals surface area contributed by atoms with Crippen molar-refractivity contribution in [3.05, 3.63) is 0 Å². The number of thioether (sulfide) groups is 1. The van der Waals surface area contributed by atoms with E-state index in [4.69, 9.17) is 4.74 Å². The van der Waals surface area contributed by atoms with Gasteiger partial charge in [-0.05, 0) is 18.8 Å². The number of hydrogen-bond donors (Lipinski definition) is 1. The lowest BCUT2D eigenvalue weighted by Gasteiger charge is -2.21. The average Bonchev–Trinajstić information content (AvgIpc) is 2.95. The van der Waals surface area contributed by atoms with E-state index in [-0.39, 0.29) is 5.91 Å². The molecule has 2 aliphatic heterocycles. The molecule has 1 amide bonds. The fourth-order valence-electron chi connectivity index (χ4n) is 2.31. The minimum Gasteiger partial charge on any atom is -0.381 e. The Balaban J connectivity index is 1.57. The van der Waals surface area contributed by atoms with Gasteiger partial charge in [-0.15, -0.1) is 10.2 Å². The van der Waals surface area contributed by atoms with E-state index >= 15 is 0 Å². The van der Waals surface area contributed by atoms with Gasteiger partial charge in [-0.1, -0.05) is 11.8 Å². The molecule has 3 rings (SSSR count). The molecule has 0 aromatic carbocycles. The Hall–Kier alpha value is -1.08. The van der Waals surface area contributed by atoms with Gasteiger partial charge in [0, 0.05) is 31.9 Å². The van der Waals surface area contributed by atoms with Gasteiger partial charge in [-0.25, -0.2) is 0 Å². The van der Waals surface area contributed by atoms with Crippen LogP contribution in [0.5, 0.6) is 0 Å². The standard InChI is InChI=1S/C11H16N4O2S/c16-9(7-8-1-4-17-5-2-8)12-10-13-14-11-15(10)3-6-18-11/h8H,1-7H2,(H,12,13,16). The van der Waals surface area contributed by atoms with Crippen molar-refractivity contribution in [2.45, 2.75) is 31.0 Å². The number of anilines is 1. The molecule has 6 nitrogen and oxygen atoms in total. The number of carbonyl (C=O) groups is 1. The fourth-order valence-corrected chi connectivity index (χ4v) is 3.19. The molecule has 1 fully saturated rings. The summed E-state index contributed by atoms with van der Waals surface area (Å²) in [6.45, 7) is 2.42. The van der Waals surface area contributed by atoms with Crippen LogP contribution < -0.4 is 5.32 Å². The second-order valence-electron chi connectivity index (χ2n) is 4.61. The highest BCUT2D eigenvalue weighted by atomic mass is 32.2. The molecule has 0 spiro atoms. The van der Waals surface area contributed by atoms with Gasteiger partial charge in [0.15, 0.2) is 5.16 Å². The SMILES string of the molecule is O=C(CC1CCOCC1)Nc1nnc2n1CCS2. The van der Waals surface area contributed by atoms with Crippen molar-refractivity contribution >= 4 is 23.6 Å². The van der Waals surface area contributed by atoms with Crippen molar-refractivity contribution in [1.82, 2.24) is 14.8 Å². The second-order valence-corrected chi connectivity index (χ2v) is 5.68. The highest BCUT2D eigenvalue weighted by Gasteiger charge is 2.21. The molecule has 0 unspecified atom stereocenters. The number of rotatable bonds is 3.